The van der Waals surface area contributed by atoms with Crippen molar-refractivity contribution in [3.05, 3.63) is 48.5 Å². The standard InChI is InChI=1S/C23H30N4O4S/c1-18(23(28)25-19-7-9-21(10-8-19)26-13-15-31-16-14-26)24-20-5-4-6-22(17-20)32(29,30)27-11-2-3-12-27/h4-10,17-18,24H,2-3,11-16H2,1H3,(H,25,28). The number of rotatable bonds is 7. The highest BCUT2D eigenvalue weighted by Gasteiger charge is 2.27. The van der Waals surface area contributed by atoms with Crippen LogP contribution < -0.4 is 15.5 Å². The molecule has 2 aliphatic rings. The number of hydrogen-bond donors (Lipinski definition) is 2. The van der Waals surface area contributed by atoms with Crippen molar-refractivity contribution in [2.75, 3.05) is 54.9 Å². The summed E-state index contributed by atoms with van der Waals surface area (Å²) in [5.41, 5.74) is 2.41. The quantitative estimate of drug-likeness (QED) is 0.663. The highest BCUT2D eigenvalue weighted by atomic mass is 32.2. The Labute approximate surface area is 189 Å². The average Bonchev–Trinajstić information content (AvgIpc) is 3.36. The maximum Gasteiger partial charge on any atom is 0.246 e. The summed E-state index contributed by atoms with van der Waals surface area (Å²) in [7, 11) is -3.50. The van der Waals surface area contributed by atoms with Gasteiger partial charge >= 0.3 is 0 Å². The lowest BCUT2D eigenvalue weighted by Gasteiger charge is -2.29. The SMILES string of the molecule is CC(Nc1cccc(S(=O)(=O)N2CCCC2)c1)C(=O)Nc1ccc(N2CCOCC2)cc1. The van der Waals surface area contributed by atoms with Crippen molar-refractivity contribution in [2.24, 2.45) is 0 Å². The minimum Gasteiger partial charge on any atom is -0.378 e. The van der Waals surface area contributed by atoms with Crippen molar-refractivity contribution in [1.29, 1.82) is 0 Å². The van der Waals surface area contributed by atoms with Crippen LogP contribution in [0.15, 0.2) is 53.4 Å². The fraction of sp³-hybridized carbons (Fsp3) is 0.435. The third-order valence-corrected chi connectivity index (χ3v) is 7.72. The highest BCUT2D eigenvalue weighted by Crippen LogP contribution is 2.24. The van der Waals surface area contributed by atoms with Crippen LogP contribution in [-0.4, -0.2) is 64.1 Å². The summed E-state index contributed by atoms with van der Waals surface area (Å²) in [6, 6.07) is 13.9. The molecule has 1 unspecified atom stereocenters. The first-order valence-electron chi connectivity index (χ1n) is 11.0. The van der Waals surface area contributed by atoms with Gasteiger partial charge in [-0.2, -0.15) is 4.31 Å². The van der Waals surface area contributed by atoms with E-state index in [9.17, 15) is 13.2 Å². The predicted molar refractivity (Wildman–Crippen MR) is 126 cm³/mol. The van der Waals surface area contributed by atoms with Gasteiger partial charge in [-0.05, 0) is 62.2 Å². The fourth-order valence-corrected chi connectivity index (χ4v) is 5.53. The van der Waals surface area contributed by atoms with E-state index in [1.165, 1.54) is 4.31 Å². The van der Waals surface area contributed by atoms with Crippen LogP contribution in [0.4, 0.5) is 17.1 Å². The van der Waals surface area contributed by atoms with E-state index in [0.29, 0.717) is 24.5 Å². The number of anilines is 3. The zero-order chi connectivity index (χ0) is 22.6. The smallest absolute Gasteiger partial charge is 0.246 e. The molecule has 1 atom stereocenters. The second kappa shape index (κ2) is 9.89. The number of hydrogen-bond acceptors (Lipinski definition) is 6. The van der Waals surface area contributed by atoms with Gasteiger partial charge in [0, 0.05) is 43.2 Å². The molecule has 0 aliphatic carbocycles. The van der Waals surface area contributed by atoms with Crippen LogP contribution in [0.3, 0.4) is 0 Å². The number of nitrogens with zero attached hydrogens (tertiary/aromatic N) is 2. The van der Waals surface area contributed by atoms with Gasteiger partial charge in [-0.1, -0.05) is 6.07 Å². The molecule has 0 bridgehead atoms. The normalized spacial score (nSPS) is 18.3. The van der Waals surface area contributed by atoms with Crippen LogP contribution >= 0.6 is 0 Å². The largest absolute Gasteiger partial charge is 0.378 e. The van der Waals surface area contributed by atoms with Gasteiger partial charge in [0.05, 0.1) is 18.1 Å². The lowest BCUT2D eigenvalue weighted by molar-refractivity contribution is -0.116. The number of morpholine rings is 1. The molecule has 2 saturated heterocycles. The van der Waals surface area contributed by atoms with Gasteiger partial charge in [0.25, 0.3) is 0 Å². The molecule has 2 N–H and O–H groups in total. The van der Waals surface area contributed by atoms with Crippen LogP contribution in [-0.2, 0) is 19.6 Å². The molecule has 9 heteroatoms. The third kappa shape index (κ3) is 5.23. The molecule has 1 amide bonds. The molecule has 2 fully saturated rings. The van der Waals surface area contributed by atoms with Crippen molar-refractivity contribution >= 4 is 33.0 Å². The molecule has 0 radical (unpaired) electrons. The summed E-state index contributed by atoms with van der Waals surface area (Å²) >= 11 is 0. The predicted octanol–water partition coefficient (Wildman–Crippen LogP) is 2.75. The number of benzene rings is 2. The average molecular weight is 459 g/mol. The molecule has 2 aromatic carbocycles. The monoisotopic (exact) mass is 458 g/mol. The minimum atomic E-state index is -3.50. The van der Waals surface area contributed by atoms with Crippen molar-refractivity contribution < 1.29 is 17.9 Å². The van der Waals surface area contributed by atoms with Crippen molar-refractivity contribution in [3.8, 4) is 0 Å². The molecule has 4 rings (SSSR count). The topological polar surface area (TPSA) is 91.0 Å². The molecule has 0 saturated carbocycles. The van der Waals surface area contributed by atoms with E-state index in [1.54, 1.807) is 31.2 Å². The number of sulfonamides is 1. The van der Waals surface area contributed by atoms with E-state index < -0.39 is 16.1 Å². The Morgan fingerprint density at radius 3 is 2.34 bits per heavy atom. The van der Waals surface area contributed by atoms with Gasteiger partial charge in [0.15, 0.2) is 0 Å². The van der Waals surface area contributed by atoms with Crippen molar-refractivity contribution in [3.63, 3.8) is 0 Å². The molecule has 2 aromatic rings. The Morgan fingerprint density at radius 2 is 1.66 bits per heavy atom. The van der Waals surface area contributed by atoms with Crippen molar-refractivity contribution in [2.45, 2.75) is 30.7 Å². The molecule has 32 heavy (non-hydrogen) atoms. The number of ether oxygens (including phenoxy) is 1. The number of carbonyl (C=O) groups is 1. The van der Waals surface area contributed by atoms with Crippen molar-refractivity contribution in [1.82, 2.24) is 4.31 Å². The maximum absolute atomic E-state index is 12.8. The lowest BCUT2D eigenvalue weighted by atomic mass is 10.2. The second-order valence-corrected chi connectivity index (χ2v) is 10.1. The van der Waals surface area contributed by atoms with E-state index in [0.717, 1.165) is 44.8 Å². The van der Waals surface area contributed by atoms with Gasteiger partial charge < -0.3 is 20.3 Å². The summed E-state index contributed by atoms with van der Waals surface area (Å²) in [6.45, 7) is 6.04. The minimum absolute atomic E-state index is 0.197. The Kier molecular flexibility index (Phi) is 6.98. The molecule has 8 nitrogen and oxygen atoms in total. The Morgan fingerprint density at radius 1 is 0.969 bits per heavy atom. The van der Waals surface area contributed by atoms with E-state index in [1.807, 2.05) is 24.3 Å². The number of nitrogens with one attached hydrogen (secondary N) is 2. The molecule has 2 aliphatic heterocycles. The molecular weight excluding hydrogens is 428 g/mol. The first-order valence-corrected chi connectivity index (χ1v) is 12.5. The summed E-state index contributed by atoms with van der Waals surface area (Å²) < 4.78 is 32.5. The van der Waals surface area contributed by atoms with Gasteiger partial charge in [-0.3, -0.25) is 4.79 Å². The Balaban J connectivity index is 1.36. The van der Waals surface area contributed by atoms with E-state index >= 15 is 0 Å². The fourth-order valence-electron chi connectivity index (χ4n) is 3.97. The van der Waals surface area contributed by atoms with Gasteiger partial charge in [-0.15, -0.1) is 0 Å². The van der Waals surface area contributed by atoms with Crippen LogP contribution in [0.25, 0.3) is 0 Å². The van der Waals surface area contributed by atoms with Crippen LogP contribution in [0.5, 0.6) is 0 Å². The maximum atomic E-state index is 12.8. The molecule has 172 valence electrons. The molecule has 2 heterocycles. The van der Waals surface area contributed by atoms with Gasteiger partial charge in [-0.25, -0.2) is 8.42 Å². The first kappa shape index (κ1) is 22.6. The summed E-state index contributed by atoms with van der Waals surface area (Å²) in [5, 5.41) is 6.02. The number of amides is 1. The Hall–Kier alpha value is -2.62. The molecule has 0 aromatic heterocycles. The lowest BCUT2D eigenvalue weighted by Crippen LogP contribution is -2.36. The summed E-state index contributed by atoms with van der Waals surface area (Å²) in [6.07, 6.45) is 1.78. The van der Waals surface area contributed by atoms with E-state index in [-0.39, 0.29) is 10.8 Å². The van der Waals surface area contributed by atoms with Crippen LogP contribution in [0.1, 0.15) is 19.8 Å². The highest BCUT2D eigenvalue weighted by molar-refractivity contribution is 7.89. The summed E-state index contributed by atoms with van der Waals surface area (Å²) in [5.74, 6) is -0.197. The van der Waals surface area contributed by atoms with Gasteiger partial charge in [0.2, 0.25) is 15.9 Å². The molecular formula is C23H30N4O4S. The zero-order valence-electron chi connectivity index (χ0n) is 18.3. The van der Waals surface area contributed by atoms with E-state index in [2.05, 4.69) is 15.5 Å². The number of carbonyl (C=O) groups excluding carboxylic acids is 1. The van der Waals surface area contributed by atoms with Crippen LogP contribution in [0.2, 0.25) is 0 Å². The Bertz CT molecular complexity index is 1030. The zero-order valence-corrected chi connectivity index (χ0v) is 19.1. The molecule has 0 spiro atoms. The first-order chi connectivity index (χ1) is 15.4. The van der Waals surface area contributed by atoms with Crippen LogP contribution in [0, 0.1) is 0 Å². The van der Waals surface area contributed by atoms with Gasteiger partial charge in [0.1, 0.15) is 6.04 Å². The third-order valence-electron chi connectivity index (χ3n) is 5.82. The summed E-state index contributed by atoms with van der Waals surface area (Å²) in [4.78, 5) is 15.2. The van der Waals surface area contributed by atoms with E-state index in [4.69, 9.17) is 4.74 Å². The second-order valence-electron chi connectivity index (χ2n) is 8.14.